The first-order chi connectivity index (χ1) is 5.76. The maximum absolute atomic E-state index is 5.35. The fourth-order valence-corrected chi connectivity index (χ4v) is 1.08. The quantitative estimate of drug-likeness (QED) is 0.686. The fraction of sp³-hybridized carbons (Fsp3) is 0.400. The van der Waals surface area contributed by atoms with Crippen LogP contribution in [0.4, 0.5) is 0 Å². The van der Waals surface area contributed by atoms with E-state index in [2.05, 4.69) is 0 Å². The van der Waals surface area contributed by atoms with Gasteiger partial charge in [-0.3, -0.25) is 0 Å². The van der Waals surface area contributed by atoms with Gasteiger partial charge in [0, 0.05) is 6.07 Å². The van der Waals surface area contributed by atoms with Gasteiger partial charge in [-0.25, -0.2) is 0 Å². The van der Waals surface area contributed by atoms with Crippen molar-refractivity contribution in [3.05, 3.63) is 23.8 Å². The molecule has 0 saturated carbocycles. The smallest absolute Gasteiger partial charge is 0.123 e. The van der Waals surface area contributed by atoms with Crippen LogP contribution in [-0.4, -0.2) is 13.7 Å². The first kappa shape index (κ1) is 8.91. The zero-order valence-corrected chi connectivity index (χ0v) is 7.76. The Morgan fingerprint density at radius 1 is 1.17 bits per heavy atom. The standard InChI is InChI=1S/C10H14O2/c1-4-12-10-6-8(2)5-9(7-10)11-3/h5-7H,4H2,1-3H3. The third kappa shape index (κ3) is 2.16. The third-order valence-corrected chi connectivity index (χ3v) is 1.57. The molecule has 0 radical (unpaired) electrons. The van der Waals surface area contributed by atoms with Gasteiger partial charge in [-0.1, -0.05) is 0 Å². The second-order valence-corrected chi connectivity index (χ2v) is 2.62. The van der Waals surface area contributed by atoms with Crippen LogP contribution in [-0.2, 0) is 0 Å². The van der Waals surface area contributed by atoms with Crippen LogP contribution in [0.2, 0.25) is 0 Å². The van der Waals surface area contributed by atoms with Crippen molar-refractivity contribution in [1.82, 2.24) is 0 Å². The molecular formula is C10H14O2. The molecule has 0 saturated heterocycles. The van der Waals surface area contributed by atoms with Crippen LogP contribution in [0.25, 0.3) is 0 Å². The molecule has 2 nitrogen and oxygen atoms in total. The largest absolute Gasteiger partial charge is 0.497 e. The highest BCUT2D eigenvalue weighted by Gasteiger charge is 1.97. The van der Waals surface area contributed by atoms with Crippen LogP contribution >= 0.6 is 0 Å². The molecule has 12 heavy (non-hydrogen) atoms. The highest BCUT2D eigenvalue weighted by molar-refractivity contribution is 5.37. The lowest BCUT2D eigenvalue weighted by atomic mass is 10.2. The van der Waals surface area contributed by atoms with Gasteiger partial charge in [0.1, 0.15) is 11.5 Å². The van der Waals surface area contributed by atoms with Gasteiger partial charge in [-0.2, -0.15) is 0 Å². The van der Waals surface area contributed by atoms with Gasteiger partial charge in [0.2, 0.25) is 0 Å². The van der Waals surface area contributed by atoms with Crippen molar-refractivity contribution < 1.29 is 9.47 Å². The Labute approximate surface area is 73.1 Å². The minimum Gasteiger partial charge on any atom is -0.497 e. The van der Waals surface area contributed by atoms with E-state index in [0.717, 1.165) is 17.1 Å². The molecule has 0 unspecified atom stereocenters. The lowest BCUT2D eigenvalue weighted by Gasteiger charge is -2.06. The zero-order valence-electron chi connectivity index (χ0n) is 7.76. The average Bonchev–Trinajstić information content (AvgIpc) is 2.04. The monoisotopic (exact) mass is 166 g/mol. The summed E-state index contributed by atoms with van der Waals surface area (Å²) >= 11 is 0. The molecule has 0 atom stereocenters. The van der Waals surface area contributed by atoms with E-state index in [0.29, 0.717) is 6.61 Å². The normalized spacial score (nSPS) is 9.58. The summed E-state index contributed by atoms with van der Waals surface area (Å²) in [5.41, 5.74) is 1.15. The predicted molar refractivity (Wildman–Crippen MR) is 48.9 cm³/mol. The Hall–Kier alpha value is -1.18. The molecule has 0 bridgehead atoms. The number of rotatable bonds is 3. The van der Waals surface area contributed by atoms with Gasteiger partial charge in [0.05, 0.1) is 13.7 Å². The number of hydrogen-bond acceptors (Lipinski definition) is 2. The van der Waals surface area contributed by atoms with E-state index < -0.39 is 0 Å². The van der Waals surface area contributed by atoms with Crippen LogP contribution in [0.3, 0.4) is 0 Å². The summed E-state index contributed by atoms with van der Waals surface area (Å²) in [6.45, 7) is 4.67. The number of benzene rings is 1. The van der Waals surface area contributed by atoms with E-state index in [1.54, 1.807) is 7.11 Å². The second-order valence-electron chi connectivity index (χ2n) is 2.62. The minimum absolute atomic E-state index is 0.687. The SMILES string of the molecule is CCOc1cc(C)cc(OC)c1. The van der Waals surface area contributed by atoms with Crippen molar-refractivity contribution in [2.45, 2.75) is 13.8 Å². The highest BCUT2D eigenvalue weighted by Crippen LogP contribution is 2.21. The number of methoxy groups -OCH3 is 1. The fourth-order valence-electron chi connectivity index (χ4n) is 1.08. The van der Waals surface area contributed by atoms with E-state index >= 15 is 0 Å². The van der Waals surface area contributed by atoms with Crippen molar-refractivity contribution in [1.29, 1.82) is 0 Å². The first-order valence-electron chi connectivity index (χ1n) is 4.04. The minimum atomic E-state index is 0.687. The lowest BCUT2D eigenvalue weighted by molar-refractivity contribution is 0.336. The van der Waals surface area contributed by atoms with E-state index in [9.17, 15) is 0 Å². The molecule has 1 rings (SSSR count). The predicted octanol–water partition coefficient (Wildman–Crippen LogP) is 2.40. The Balaban J connectivity index is 2.90. The van der Waals surface area contributed by atoms with E-state index in [-0.39, 0.29) is 0 Å². The number of aryl methyl sites for hydroxylation is 1. The second kappa shape index (κ2) is 4.00. The van der Waals surface area contributed by atoms with Crippen LogP contribution in [0.5, 0.6) is 11.5 Å². The molecule has 0 amide bonds. The van der Waals surface area contributed by atoms with Gasteiger partial charge < -0.3 is 9.47 Å². The zero-order chi connectivity index (χ0) is 8.97. The molecule has 1 aromatic rings. The van der Waals surface area contributed by atoms with Gasteiger partial charge >= 0.3 is 0 Å². The van der Waals surface area contributed by atoms with Crippen molar-refractivity contribution in [3.63, 3.8) is 0 Å². The van der Waals surface area contributed by atoms with Crippen LogP contribution in [0.1, 0.15) is 12.5 Å². The summed E-state index contributed by atoms with van der Waals surface area (Å²) in [6, 6.07) is 5.85. The Morgan fingerprint density at radius 3 is 2.42 bits per heavy atom. The highest BCUT2D eigenvalue weighted by atomic mass is 16.5. The van der Waals surface area contributed by atoms with Crippen LogP contribution < -0.4 is 9.47 Å². The molecular weight excluding hydrogens is 152 g/mol. The van der Waals surface area contributed by atoms with Gasteiger partial charge in [-0.05, 0) is 31.5 Å². The Kier molecular flexibility index (Phi) is 2.97. The molecule has 66 valence electrons. The molecule has 0 aliphatic rings. The first-order valence-corrected chi connectivity index (χ1v) is 4.04. The van der Waals surface area contributed by atoms with Gasteiger partial charge in [-0.15, -0.1) is 0 Å². The molecule has 0 spiro atoms. The topological polar surface area (TPSA) is 18.5 Å². The summed E-state index contributed by atoms with van der Waals surface area (Å²) in [7, 11) is 1.66. The van der Waals surface area contributed by atoms with E-state index in [1.807, 2.05) is 32.0 Å². The molecule has 0 heterocycles. The van der Waals surface area contributed by atoms with E-state index in [4.69, 9.17) is 9.47 Å². The van der Waals surface area contributed by atoms with Crippen molar-refractivity contribution in [2.24, 2.45) is 0 Å². The average molecular weight is 166 g/mol. The lowest BCUT2D eigenvalue weighted by Crippen LogP contribution is -1.92. The number of hydrogen-bond donors (Lipinski definition) is 0. The summed E-state index contributed by atoms with van der Waals surface area (Å²) in [5.74, 6) is 1.72. The molecule has 0 aliphatic heterocycles. The molecule has 0 aromatic heterocycles. The molecule has 1 aromatic carbocycles. The summed E-state index contributed by atoms with van der Waals surface area (Å²) in [4.78, 5) is 0. The van der Waals surface area contributed by atoms with E-state index in [1.165, 1.54) is 0 Å². The maximum Gasteiger partial charge on any atom is 0.123 e. The van der Waals surface area contributed by atoms with Crippen molar-refractivity contribution in [2.75, 3.05) is 13.7 Å². The summed E-state index contributed by atoms with van der Waals surface area (Å²) in [6.07, 6.45) is 0. The summed E-state index contributed by atoms with van der Waals surface area (Å²) in [5, 5.41) is 0. The molecule has 0 aliphatic carbocycles. The van der Waals surface area contributed by atoms with Crippen LogP contribution in [0, 0.1) is 6.92 Å². The molecule has 0 fully saturated rings. The Bertz CT molecular complexity index is 256. The summed E-state index contributed by atoms with van der Waals surface area (Å²) < 4.78 is 10.5. The number of ether oxygens (including phenoxy) is 2. The van der Waals surface area contributed by atoms with Crippen molar-refractivity contribution >= 4 is 0 Å². The maximum atomic E-state index is 5.35. The van der Waals surface area contributed by atoms with Crippen molar-refractivity contribution in [3.8, 4) is 11.5 Å². The molecule has 2 heteroatoms. The third-order valence-electron chi connectivity index (χ3n) is 1.57. The van der Waals surface area contributed by atoms with Gasteiger partial charge in [0.25, 0.3) is 0 Å². The Morgan fingerprint density at radius 2 is 1.83 bits per heavy atom. The van der Waals surface area contributed by atoms with Gasteiger partial charge in [0.15, 0.2) is 0 Å². The molecule has 0 N–H and O–H groups in total. The van der Waals surface area contributed by atoms with Crippen LogP contribution in [0.15, 0.2) is 18.2 Å².